The lowest BCUT2D eigenvalue weighted by molar-refractivity contribution is -0.149. The van der Waals surface area contributed by atoms with E-state index in [1.165, 1.54) is 26.3 Å². The molecule has 20 heavy (non-hydrogen) atoms. The summed E-state index contributed by atoms with van der Waals surface area (Å²) in [5.41, 5.74) is -0.338. The second kappa shape index (κ2) is 5.48. The monoisotopic (exact) mass is 280 g/mol. The molecule has 2 rings (SSSR count). The van der Waals surface area contributed by atoms with Crippen LogP contribution in [0, 0.1) is 5.82 Å². The van der Waals surface area contributed by atoms with Crippen LogP contribution in [-0.4, -0.2) is 31.6 Å². The van der Waals surface area contributed by atoms with Crippen LogP contribution in [0.3, 0.4) is 0 Å². The summed E-state index contributed by atoms with van der Waals surface area (Å²) in [6.07, 6.45) is 2.22. The molecule has 0 aliphatic heterocycles. The number of hydrogen-bond acceptors (Lipinski definition) is 4. The number of carbonyl (C=O) groups excluding carboxylic acids is 2. The fourth-order valence-corrected chi connectivity index (χ4v) is 2.29. The quantitative estimate of drug-likeness (QED) is 0.824. The van der Waals surface area contributed by atoms with E-state index >= 15 is 0 Å². The molecule has 0 aromatic heterocycles. The number of esters is 1. The molecule has 0 unspecified atom stereocenters. The standard InChI is InChI=1S/C14H17FN2O3/c1-16-12(18)10-5-4-9(8-11(10)15)17-14(6-3-7-14)13(19)20-2/h4-5,8,17H,3,6-7H2,1-2H3,(H,16,18). The molecule has 6 heteroatoms. The summed E-state index contributed by atoms with van der Waals surface area (Å²) >= 11 is 0. The van der Waals surface area contributed by atoms with Crippen molar-refractivity contribution in [2.24, 2.45) is 0 Å². The minimum atomic E-state index is -0.768. The first-order valence-corrected chi connectivity index (χ1v) is 6.40. The van der Waals surface area contributed by atoms with Gasteiger partial charge < -0.3 is 15.4 Å². The fourth-order valence-electron chi connectivity index (χ4n) is 2.29. The van der Waals surface area contributed by atoms with E-state index in [-0.39, 0.29) is 11.5 Å². The Morgan fingerprint density at radius 3 is 2.50 bits per heavy atom. The van der Waals surface area contributed by atoms with Crippen LogP contribution in [0.15, 0.2) is 18.2 Å². The maximum atomic E-state index is 13.9. The van der Waals surface area contributed by atoms with Crippen molar-refractivity contribution in [1.82, 2.24) is 5.32 Å². The summed E-state index contributed by atoms with van der Waals surface area (Å²) in [6.45, 7) is 0. The second-order valence-corrected chi connectivity index (χ2v) is 4.83. The van der Waals surface area contributed by atoms with Crippen LogP contribution < -0.4 is 10.6 Å². The van der Waals surface area contributed by atoms with E-state index in [1.807, 2.05) is 0 Å². The van der Waals surface area contributed by atoms with Crippen LogP contribution in [0.25, 0.3) is 0 Å². The van der Waals surface area contributed by atoms with Crippen molar-refractivity contribution < 1.29 is 18.7 Å². The summed E-state index contributed by atoms with van der Waals surface area (Å²) in [7, 11) is 2.77. The molecule has 0 saturated heterocycles. The maximum Gasteiger partial charge on any atom is 0.331 e. The number of anilines is 1. The van der Waals surface area contributed by atoms with Gasteiger partial charge in [-0.25, -0.2) is 9.18 Å². The molecule has 2 N–H and O–H groups in total. The molecule has 1 aromatic rings. The van der Waals surface area contributed by atoms with Crippen molar-refractivity contribution in [3.8, 4) is 0 Å². The summed E-state index contributed by atoms with van der Waals surface area (Å²) in [5, 5.41) is 5.39. The molecule has 1 fully saturated rings. The number of halogens is 1. The first kappa shape index (κ1) is 14.3. The number of rotatable bonds is 4. The topological polar surface area (TPSA) is 67.4 Å². The molecule has 1 aliphatic carbocycles. The third-order valence-electron chi connectivity index (χ3n) is 3.61. The summed E-state index contributed by atoms with van der Waals surface area (Å²) in [5.74, 6) is -1.46. The van der Waals surface area contributed by atoms with Crippen molar-refractivity contribution >= 4 is 17.6 Å². The van der Waals surface area contributed by atoms with Crippen LogP contribution in [-0.2, 0) is 9.53 Å². The number of amides is 1. The molecular formula is C14H17FN2O3. The largest absolute Gasteiger partial charge is 0.467 e. The Labute approximate surface area is 116 Å². The first-order valence-electron chi connectivity index (χ1n) is 6.40. The van der Waals surface area contributed by atoms with Gasteiger partial charge in [-0.05, 0) is 37.5 Å². The zero-order chi connectivity index (χ0) is 14.8. The normalized spacial score (nSPS) is 15.9. The Kier molecular flexibility index (Phi) is 3.92. The van der Waals surface area contributed by atoms with E-state index in [1.54, 1.807) is 6.07 Å². The molecule has 1 aliphatic rings. The molecule has 5 nitrogen and oxygen atoms in total. The van der Waals surface area contributed by atoms with Gasteiger partial charge in [0.1, 0.15) is 11.4 Å². The van der Waals surface area contributed by atoms with Crippen LogP contribution in [0.2, 0.25) is 0 Å². The van der Waals surface area contributed by atoms with Crippen molar-refractivity contribution in [2.45, 2.75) is 24.8 Å². The molecule has 0 heterocycles. The second-order valence-electron chi connectivity index (χ2n) is 4.83. The maximum absolute atomic E-state index is 13.9. The van der Waals surface area contributed by atoms with Gasteiger partial charge in [0.25, 0.3) is 5.91 Å². The van der Waals surface area contributed by atoms with Gasteiger partial charge in [0.2, 0.25) is 0 Å². The van der Waals surface area contributed by atoms with Gasteiger partial charge in [-0.1, -0.05) is 0 Å². The number of hydrogen-bond donors (Lipinski definition) is 2. The van der Waals surface area contributed by atoms with Crippen LogP contribution in [0.4, 0.5) is 10.1 Å². The number of methoxy groups -OCH3 is 1. The third-order valence-corrected chi connectivity index (χ3v) is 3.61. The summed E-state index contributed by atoms with van der Waals surface area (Å²) in [6, 6.07) is 4.18. The summed E-state index contributed by atoms with van der Waals surface area (Å²) in [4.78, 5) is 23.2. The van der Waals surface area contributed by atoms with Gasteiger partial charge in [0.15, 0.2) is 0 Å². The lowest BCUT2D eigenvalue weighted by Gasteiger charge is -2.40. The van der Waals surface area contributed by atoms with Crippen molar-refractivity contribution in [3.05, 3.63) is 29.6 Å². The Morgan fingerprint density at radius 1 is 1.35 bits per heavy atom. The van der Waals surface area contributed by atoms with Crippen LogP contribution in [0.1, 0.15) is 29.6 Å². The van der Waals surface area contributed by atoms with Crippen molar-refractivity contribution in [1.29, 1.82) is 0 Å². The van der Waals surface area contributed by atoms with Gasteiger partial charge in [-0.2, -0.15) is 0 Å². The third kappa shape index (κ3) is 2.45. The highest BCUT2D eigenvalue weighted by Crippen LogP contribution is 2.36. The smallest absolute Gasteiger partial charge is 0.331 e. The van der Waals surface area contributed by atoms with Gasteiger partial charge in [-0.15, -0.1) is 0 Å². The molecule has 1 saturated carbocycles. The lowest BCUT2D eigenvalue weighted by Crippen LogP contribution is -2.52. The van der Waals surface area contributed by atoms with E-state index in [2.05, 4.69) is 10.6 Å². The Hall–Kier alpha value is -2.11. The lowest BCUT2D eigenvalue weighted by atomic mass is 9.76. The van der Waals surface area contributed by atoms with Crippen LogP contribution >= 0.6 is 0 Å². The highest BCUT2D eigenvalue weighted by Gasteiger charge is 2.45. The van der Waals surface area contributed by atoms with E-state index in [4.69, 9.17) is 4.74 Å². The number of carbonyl (C=O) groups is 2. The van der Waals surface area contributed by atoms with E-state index in [0.29, 0.717) is 18.5 Å². The number of nitrogens with one attached hydrogen (secondary N) is 2. The molecule has 0 spiro atoms. The van der Waals surface area contributed by atoms with E-state index in [9.17, 15) is 14.0 Å². The first-order chi connectivity index (χ1) is 9.52. The zero-order valence-corrected chi connectivity index (χ0v) is 11.5. The van der Waals surface area contributed by atoms with Crippen molar-refractivity contribution in [2.75, 3.05) is 19.5 Å². The molecule has 0 atom stereocenters. The highest BCUT2D eigenvalue weighted by molar-refractivity contribution is 5.94. The zero-order valence-electron chi connectivity index (χ0n) is 11.5. The van der Waals surface area contributed by atoms with Crippen molar-refractivity contribution in [3.63, 3.8) is 0 Å². The Morgan fingerprint density at radius 2 is 2.05 bits per heavy atom. The fraction of sp³-hybridized carbons (Fsp3) is 0.429. The minimum Gasteiger partial charge on any atom is -0.467 e. The molecule has 1 aromatic carbocycles. The molecule has 108 valence electrons. The SMILES string of the molecule is CNC(=O)c1ccc(NC2(C(=O)OC)CCC2)cc1F. The molecule has 1 amide bonds. The Balaban J connectivity index is 2.20. The highest BCUT2D eigenvalue weighted by atomic mass is 19.1. The van der Waals surface area contributed by atoms with Gasteiger partial charge in [-0.3, -0.25) is 4.79 Å². The predicted octanol–water partition coefficient (Wildman–Crippen LogP) is 1.69. The molecule has 0 bridgehead atoms. The van der Waals surface area contributed by atoms with E-state index < -0.39 is 17.3 Å². The number of ether oxygens (including phenoxy) is 1. The Bertz CT molecular complexity index is 541. The van der Waals surface area contributed by atoms with Crippen LogP contribution in [0.5, 0.6) is 0 Å². The van der Waals surface area contributed by atoms with E-state index in [0.717, 1.165) is 6.42 Å². The number of benzene rings is 1. The average Bonchev–Trinajstić information content (AvgIpc) is 2.41. The van der Waals surface area contributed by atoms with Gasteiger partial charge in [0.05, 0.1) is 12.7 Å². The van der Waals surface area contributed by atoms with Gasteiger partial charge >= 0.3 is 5.97 Å². The molecule has 0 radical (unpaired) electrons. The average molecular weight is 280 g/mol. The predicted molar refractivity (Wildman–Crippen MR) is 72.0 cm³/mol. The molecular weight excluding hydrogens is 263 g/mol. The summed E-state index contributed by atoms with van der Waals surface area (Å²) < 4.78 is 18.6. The van der Waals surface area contributed by atoms with Gasteiger partial charge in [0, 0.05) is 12.7 Å². The minimum absolute atomic E-state index is 0.0289.